The van der Waals surface area contributed by atoms with E-state index in [1.165, 1.54) is 11.9 Å². The highest BCUT2D eigenvalue weighted by atomic mass is 19.3. The number of carbonyl (C=O) groups is 1. The van der Waals surface area contributed by atoms with Gasteiger partial charge in [-0.1, -0.05) is 6.07 Å². The Labute approximate surface area is 214 Å². The molecule has 0 radical (unpaired) electrons. The average Bonchev–Trinajstić information content (AvgIpc) is 3.27. The van der Waals surface area contributed by atoms with E-state index >= 15 is 0 Å². The van der Waals surface area contributed by atoms with Crippen LogP contribution in [0.3, 0.4) is 0 Å². The molecule has 1 atom stereocenters. The molecule has 4 rings (SSSR count). The largest absolute Gasteiger partial charge is 0.480 e. The summed E-state index contributed by atoms with van der Waals surface area (Å²) in [7, 11) is 1.75. The fourth-order valence-corrected chi connectivity index (χ4v) is 4.55. The first-order chi connectivity index (χ1) is 17.9. The fraction of sp³-hybridized carbons (Fsp3) is 0.560. The van der Waals surface area contributed by atoms with Gasteiger partial charge in [0.1, 0.15) is 23.7 Å². The molecular weight excluding hydrogens is 482 g/mol. The van der Waals surface area contributed by atoms with Crippen LogP contribution in [0.25, 0.3) is 11.0 Å². The Bertz CT molecular complexity index is 1190. The van der Waals surface area contributed by atoms with Crippen LogP contribution in [-0.4, -0.2) is 79.4 Å². The topological polar surface area (TPSA) is 121 Å². The summed E-state index contributed by atoms with van der Waals surface area (Å²) in [6.45, 7) is 2.14. The second-order valence-corrected chi connectivity index (χ2v) is 9.40. The highest BCUT2D eigenvalue weighted by Gasteiger charge is 2.22. The predicted molar refractivity (Wildman–Crippen MR) is 137 cm³/mol. The number of hydrogen-bond acceptors (Lipinski definition) is 8. The third-order valence-corrected chi connectivity index (χ3v) is 6.53. The van der Waals surface area contributed by atoms with E-state index in [0.717, 1.165) is 50.2 Å². The van der Waals surface area contributed by atoms with Crippen molar-refractivity contribution in [2.24, 2.45) is 7.05 Å². The van der Waals surface area contributed by atoms with Crippen LogP contribution in [0.1, 0.15) is 43.4 Å². The summed E-state index contributed by atoms with van der Waals surface area (Å²) >= 11 is 0. The van der Waals surface area contributed by atoms with Gasteiger partial charge in [-0.15, -0.1) is 0 Å². The molecule has 0 saturated heterocycles. The maximum Gasteiger partial charge on any atom is 0.326 e. The number of rotatable bonds is 14. The van der Waals surface area contributed by atoms with Gasteiger partial charge in [0.05, 0.1) is 6.20 Å². The maximum atomic E-state index is 12.9. The molecule has 0 aliphatic carbocycles. The van der Waals surface area contributed by atoms with Crippen LogP contribution in [-0.2, 0) is 24.7 Å². The van der Waals surface area contributed by atoms with E-state index in [9.17, 15) is 18.7 Å². The molecule has 37 heavy (non-hydrogen) atoms. The number of fused-ring (bicyclic) bond motifs is 2. The quantitative estimate of drug-likeness (QED) is 0.277. The molecule has 3 aromatic heterocycles. The molecule has 200 valence electrons. The van der Waals surface area contributed by atoms with Gasteiger partial charge in [0.2, 0.25) is 6.43 Å². The first-order valence-corrected chi connectivity index (χ1v) is 12.8. The van der Waals surface area contributed by atoms with E-state index in [0.29, 0.717) is 29.9 Å². The lowest BCUT2D eigenvalue weighted by atomic mass is 10.1. The Morgan fingerprint density at radius 2 is 2.05 bits per heavy atom. The van der Waals surface area contributed by atoms with Gasteiger partial charge in [-0.3, -0.25) is 4.68 Å². The molecule has 1 aliphatic rings. The van der Waals surface area contributed by atoms with Crippen molar-refractivity contribution in [3.63, 3.8) is 0 Å². The number of nitrogens with one attached hydrogen (secondary N) is 2. The molecule has 0 unspecified atom stereocenters. The molecule has 12 heteroatoms. The van der Waals surface area contributed by atoms with Crippen molar-refractivity contribution >= 4 is 28.6 Å². The number of nitrogens with zero attached hydrogens (tertiary/aromatic N) is 6. The minimum absolute atomic E-state index is 0.211. The molecular formula is C25H34F2N8O2. The molecule has 0 saturated carbocycles. The van der Waals surface area contributed by atoms with Crippen molar-refractivity contribution in [3.8, 4) is 0 Å². The Balaban J connectivity index is 1.31. The lowest BCUT2D eigenvalue weighted by Crippen LogP contribution is -2.36. The zero-order valence-electron chi connectivity index (χ0n) is 21.0. The number of aromatic nitrogens is 5. The summed E-state index contributed by atoms with van der Waals surface area (Å²) in [4.78, 5) is 26.9. The second-order valence-electron chi connectivity index (χ2n) is 9.40. The lowest BCUT2D eigenvalue weighted by molar-refractivity contribution is -0.138. The van der Waals surface area contributed by atoms with Crippen molar-refractivity contribution < 1.29 is 18.7 Å². The van der Waals surface area contributed by atoms with Gasteiger partial charge in [0.25, 0.3) is 0 Å². The molecule has 0 amide bonds. The molecule has 3 aromatic rings. The summed E-state index contributed by atoms with van der Waals surface area (Å²) in [5, 5.41) is 20.4. The first-order valence-electron chi connectivity index (χ1n) is 12.8. The summed E-state index contributed by atoms with van der Waals surface area (Å²) in [5.41, 5.74) is 3.36. The van der Waals surface area contributed by atoms with E-state index in [1.807, 2.05) is 4.90 Å². The van der Waals surface area contributed by atoms with Gasteiger partial charge in [0, 0.05) is 38.8 Å². The number of pyridine rings is 1. The van der Waals surface area contributed by atoms with E-state index < -0.39 is 18.4 Å². The monoisotopic (exact) mass is 516 g/mol. The summed E-state index contributed by atoms with van der Waals surface area (Å²) in [6, 6.07) is 3.25. The molecule has 4 heterocycles. The zero-order chi connectivity index (χ0) is 26.2. The summed E-state index contributed by atoms with van der Waals surface area (Å²) in [6.07, 6.45) is 5.31. The number of anilines is 2. The molecule has 3 N–H and O–H groups in total. The van der Waals surface area contributed by atoms with Crippen LogP contribution >= 0.6 is 0 Å². The number of aryl methyl sites for hydroxylation is 3. The van der Waals surface area contributed by atoms with Crippen molar-refractivity contribution in [2.75, 3.05) is 36.8 Å². The minimum Gasteiger partial charge on any atom is -0.480 e. The van der Waals surface area contributed by atoms with E-state index in [4.69, 9.17) is 4.98 Å². The van der Waals surface area contributed by atoms with Crippen molar-refractivity contribution in [3.05, 3.63) is 35.9 Å². The SMILES string of the molecule is Cn1cc2ncnc(N[C@@H](CCN(CCCCc3ccc4c(n3)NCCC4)CCC(F)F)C(=O)O)c2n1. The fourth-order valence-electron chi connectivity index (χ4n) is 4.55. The smallest absolute Gasteiger partial charge is 0.326 e. The highest BCUT2D eigenvalue weighted by Crippen LogP contribution is 2.21. The van der Waals surface area contributed by atoms with E-state index in [1.54, 1.807) is 17.9 Å². The molecule has 0 aromatic carbocycles. The Morgan fingerprint density at radius 3 is 2.86 bits per heavy atom. The molecule has 0 fully saturated rings. The maximum absolute atomic E-state index is 12.9. The highest BCUT2D eigenvalue weighted by molar-refractivity contribution is 5.87. The van der Waals surface area contributed by atoms with Crippen molar-refractivity contribution in [1.29, 1.82) is 0 Å². The standard InChI is InChI=1S/C25H34F2N8O2/c1-34-15-20-22(33-34)24(30-16-29-20)32-19(25(36)37)9-13-35(14-10-21(26)27)12-3-2-6-18-8-7-17-5-4-11-28-23(17)31-18/h7-8,15-16,19,21H,2-6,9-14H2,1H3,(H,28,31)(H,36,37)(H,29,30,32)/t19-/m0/s1. The number of aliphatic carboxylic acids is 1. The molecule has 0 spiro atoms. The van der Waals surface area contributed by atoms with Gasteiger partial charge in [-0.2, -0.15) is 5.10 Å². The number of alkyl halides is 2. The molecule has 1 aliphatic heterocycles. The van der Waals surface area contributed by atoms with Crippen molar-refractivity contribution in [1.82, 2.24) is 29.6 Å². The van der Waals surface area contributed by atoms with Gasteiger partial charge >= 0.3 is 5.97 Å². The molecule has 10 nitrogen and oxygen atoms in total. The number of carboxylic acid groups (broad SMARTS) is 1. The third kappa shape index (κ3) is 7.54. The number of halogens is 2. The third-order valence-electron chi connectivity index (χ3n) is 6.53. The normalized spacial score (nSPS) is 14.1. The van der Waals surface area contributed by atoms with E-state index in [-0.39, 0.29) is 19.4 Å². The van der Waals surface area contributed by atoms with Crippen LogP contribution < -0.4 is 10.6 Å². The number of hydrogen-bond donors (Lipinski definition) is 3. The number of unbranched alkanes of at least 4 members (excludes halogenated alkanes) is 1. The average molecular weight is 517 g/mol. The van der Waals surface area contributed by atoms with Crippen LogP contribution in [0.15, 0.2) is 24.7 Å². The van der Waals surface area contributed by atoms with Crippen LogP contribution in [0.2, 0.25) is 0 Å². The van der Waals surface area contributed by atoms with Gasteiger partial charge in [-0.05, 0) is 56.7 Å². The minimum atomic E-state index is -2.40. The Hall–Kier alpha value is -3.41. The van der Waals surface area contributed by atoms with E-state index in [2.05, 4.69) is 37.8 Å². The Kier molecular flexibility index (Phi) is 9.15. The predicted octanol–water partition coefficient (Wildman–Crippen LogP) is 3.35. The number of carboxylic acids is 1. The van der Waals surface area contributed by atoms with Crippen LogP contribution in [0.4, 0.5) is 20.4 Å². The van der Waals surface area contributed by atoms with Gasteiger partial charge in [-0.25, -0.2) is 28.5 Å². The Morgan fingerprint density at radius 1 is 1.22 bits per heavy atom. The summed E-state index contributed by atoms with van der Waals surface area (Å²) < 4.78 is 27.5. The first kappa shape index (κ1) is 26.6. The lowest BCUT2D eigenvalue weighted by Gasteiger charge is -2.24. The summed E-state index contributed by atoms with van der Waals surface area (Å²) in [5.74, 6) is 0.272. The van der Waals surface area contributed by atoms with Gasteiger partial charge < -0.3 is 20.6 Å². The molecule has 0 bridgehead atoms. The van der Waals surface area contributed by atoms with Gasteiger partial charge in [0.15, 0.2) is 11.3 Å². The second kappa shape index (κ2) is 12.7. The van der Waals surface area contributed by atoms with Crippen LogP contribution in [0.5, 0.6) is 0 Å². The van der Waals surface area contributed by atoms with Crippen molar-refractivity contribution in [2.45, 2.75) is 57.4 Å². The zero-order valence-corrected chi connectivity index (χ0v) is 21.0. The van der Waals surface area contributed by atoms with Crippen LogP contribution in [0, 0.1) is 0 Å².